The van der Waals surface area contributed by atoms with Gasteiger partial charge in [-0.05, 0) is 24.6 Å². The maximum atomic E-state index is 10.3. The Kier molecular flexibility index (Phi) is 3.40. The third-order valence-electron chi connectivity index (χ3n) is 2.55. The standard InChI is InChI=1S/C14H15NO2/c1-14(16,12-6-3-2-4-7-12)11-17-13-8-5-9-15-10-13/h2-10,16H,11H2,1H3. The SMILES string of the molecule is CC(O)(COc1cccnc1)c1ccccc1. The molecule has 0 aliphatic carbocycles. The molecule has 0 radical (unpaired) electrons. The van der Waals surface area contributed by atoms with Gasteiger partial charge < -0.3 is 9.84 Å². The van der Waals surface area contributed by atoms with E-state index in [9.17, 15) is 5.11 Å². The van der Waals surface area contributed by atoms with Crippen molar-refractivity contribution in [3.05, 3.63) is 60.4 Å². The monoisotopic (exact) mass is 229 g/mol. The van der Waals surface area contributed by atoms with E-state index < -0.39 is 5.60 Å². The van der Waals surface area contributed by atoms with Crippen LogP contribution in [0.3, 0.4) is 0 Å². The fourth-order valence-electron chi connectivity index (χ4n) is 1.54. The lowest BCUT2D eigenvalue weighted by Crippen LogP contribution is -2.29. The van der Waals surface area contributed by atoms with Gasteiger partial charge in [0.25, 0.3) is 0 Å². The topological polar surface area (TPSA) is 42.4 Å². The van der Waals surface area contributed by atoms with E-state index in [2.05, 4.69) is 4.98 Å². The van der Waals surface area contributed by atoms with Crippen LogP contribution in [-0.4, -0.2) is 16.7 Å². The summed E-state index contributed by atoms with van der Waals surface area (Å²) in [4.78, 5) is 3.95. The van der Waals surface area contributed by atoms with Crippen LogP contribution in [0.1, 0.15) is 12.5 Å². The molecular formula is C14H15NO2. The molecule has 0 amide bonds. The van der Waals surface area contributed by atoms with E-state index >= 15 is 0 Å². The summed E-state index contributed by atoms with van der Waals surface area (Å²) in [7, 11) is 0. The highest BCUT2D eigenvalue weighted by atomic mass is 16.5. The first-order chi connectivity index (χ1) is 8.18. The van der Waals surface area contributed by atoms with Crippen LogP contribution < -0.4 is 4.74 Å². The largest absolute Gasteiger partial charge is 0.489 e. The van der Waals surface area contributed by atoms with Crippen molar-refractivity contribution in [2.45, 2.75) is 12.5 Å². The van der Waals surface area contributed by atoms with E-state index in [0.29, 0.717) is 5.75 Å². The molecule has 1 aromatic heterocycles. The van der Waals surface area contributed by atoms with Gasteiger partial charge in [0.05, 0.1) is 6.20 Å². The summed E-state index contributed by atoms with van der Waals surface area (Å²) in [5, 5.41) is 10.3. The smallest absolute Gasteiger partial charge is 0.137 e. The van der Waals surface area contributed by atoms with Crippen molar-refractivity contribution in [3.8, 4) is 5.75 Å². The van der Waals surface area contributed by atoms with Crippen molar-refractivity contribution < 1.29 is 9.84 Å². The molecule has 1 unspecified atom stereocenters. The van der Waals surface area contributed by atoms with Crippen molar-refractivity contribution in [2.24, 2.45) is 0 Å². The molecule has 0 saturated heterocycles. The first-order valence-corrected chi connectivity index (χ1v) is 5.49. The molecule has 0 aliphatic heterocycles. The fourth-order valence-corrected chi connectivity index (χ4v) is 1.54. The van der Waals surface area contributed by atoms with E-state index in [0.717, 1.165) is 5.56 Å². The highest BCUT2D eigenvalue weighted by molar-refractivity contribution is 5.22. The second kappa shape index (κ2) is 4.97. The fraction of sp³-hybridized carbons (Fsp3) is 0.214. The van der Waals surface area contributed by atoms with Crippen molar-refractivity contribution in [1.29, 1.82) is 0 Å². The number of rotatable bonds is 4. The Balaban J connectivity index is 2.03. The maximum Gasteiger partial charge on any atom is 0.137 e. The Morgan fingerprint density at radius 3 is 2.59 bits per heavy atom. The average Bonchev–Trinajstić information content (AvgIpc) is 2.39. The van der Waals surface area contributed by atoms with Crippen LogP contribution in [0, 0.1) is 0 Å². The average molecular weight is 229 g/mol. The first-order valence-electron chi connectivity index (χ1n) is 5.49. The summed E-state index contributed by atoms with van der Waals surface area (Å²) in [6.07, 6.45) is 3.31. The summed E-state index contributed by atoms with van der Waals surface area (Å²) >= 11 is 0. The maximum absolute atomic E-state index is 10.3. The number of nitrogens with zero attached hydrogens (tertiary/aromatic N) is 1. The Hall–Kier alpha value is -1.87. The molecule has 0 aliphatic rings. The first kappa shape index (κ1) is 11.6. The Bertz CT molecular complexity index is 454. The van der Waals surface area contributed by atoms with Gasteiger partial charge in [-0.1, -0.05) is 30.3 Å². The number of aromatic nitrogens is 1. The Morgan fingerprint density at radius 1 is 1.18 bits per heavy atom. The number of aliphatic hydroxyl groups is 1. The predicted molar refractivity (Wildman–Crippen MR) is 65.7 cm³/mol. The van der Waals surface area contributed by atoms with Crippen LogP contribution in [0.5, 0.6) is 5.75 Å². The molecule has 2 aromatic rings. The normalized spacial score (nSPS) is 14.0. The van der Waals surface area contributed by atoms with Gasteiger partial charge in [-0.3, -0.25) is 4.98 Å². The molecule has 88 valence electrons. The molecule has 1 heterocycles. The molecule has 1 N–H and O–H groups in total. The minimum absolute atomic E-state index is 0.197. The number of benzene rings is 1. The van der Waals surface area contributed by atoms with Crippen LogP contribution in [0.4, 0.5) is 0 Å². The molecule has 3 heteroatoms. The van der Waals surface area contributed by atoms with Gasteiger partial charge in [0.1, 0.15) is 18.0 Å². The van der Waals surface area contributed by atoms with Gasteiger partial charge in [0, 0.05) is 6.20 Å². The van der Waals surface area contributed by atoms with Crippen molar-refractivity contribution in [1.82, 2.24) is 4.98 Å². The van der Waals surface area contributed by atoms with E-state index in [1.54, 1.807) is 25.4 Å². The minimum atomic E-state index is -1.00. The highest BCUT2D eigenvalue weighted by Crippen LogP contribution is 2.21. The summed E-state index contributed by atoms with van der Waals surface area (Å²) in [5.41, 5.74) is -0.166. The lowest BCUT2D eigenvalue weighted by molar-refractivity contribution is 0.00749. The lowest BCUT2D eigenvalue weighted by atomic mass is 9.97. The van der Waals surface area contributed by atoms with Crippen molar-refractivity contribution in [3.63, 3.8) is 0 Å². The van der Waals surface area contributed by atoms with Crippen LogP contribution >= 0.6 is 0 Å². The summed E-state index contributed by atoms with van der Waals surface area (Å²) in [6, 6.07) is 13.1. The van der Waals surface area contributed by atoms with E-state index in [-0.39, 0.29) is 6.61 Å². The lowest BCUT2D eigenvalue weighted by Gasteiger charge is -2.23. The second-order valence-electron chi connectivity index (χ2n) is 4.12. The van der Waals surface area contributed by atoms with Crippen LogP contribution in [0.2, 0.25) is 0 Å². The van der Waals surface area contributed by atoms with Gasteiger partial charge in [-0.25, -0.2) is 0 Å². The predicted octanol–water partition coefficient (Wildman–Crippen LogP) is 2.37. The zero-order valence-electron chi connectivity index (χ0n) is 9.71. The van der Waals surface area contributed by atoms with Gasteiger partial charge in [-0.2, -0.15) is 0 Å². The quantitative estimate of drug-likeness (QED) is 0.875. The summed E-state index contributed by atoms with van der Waals surface area (Å²) in [6.45, 7) is 1.93. The van der Waals surface area contributed by atoms with Gasteiger partial charge >= 0.3 is 0 Å². The van der Waals surface area contributed by atoms with Gasteiger partial charge in [0.2, 0.25) is 0 Å². The van der Waals surface area contributed by atoms with Gasteiger partial charge in [-0.15, -0.1) is 0 Å². The van der Waals surface area contributed by atoms with E-state index in [1.807, 2.05) is 36.4 Å². The zero-order chi connectivity index (χ0) is 12.1. The van der Waals surface area contributed by atoms with E-state index in [4.69, 9.17) is 4.74 Å². The number of hydrogen-bond acceptors (Lipinski definition) is 3. The third-order valence-corrected chi connectivity index (χ3v) is 2.55. The molecule has 2 rings (SSSR count). The number of hydrogen-bond donors (Lipinski definition) is 1. The Morgan fingerprint density at radius 2 is 1.94 bits per heavy atom. The van der Waals surface area contributed by atoms with Crippen molar-refractivity contribution >= 4 is 0 Å². The molecule has 17 heavy (non-hydrogen) atoms. The number of ether oxygens (including phenoxy) is 1. The molecule has 1 aromatic carbocycles. The summed E-state index contributed by atoms with van der Waals surface area (Å²) in [5.74, 6) is 0.656. The molecule has 0 saturated carbocycles. The van der Waals surface area contributed by atoms with Crippen molar-refractivity contribution in [2.75, 3.05) is 6.61 Å². The molecule has 0 bridgehead atoms. The minimum Gasteiger partial charge on any atom is -0.489 e. The highest BCUT2D eigenvalue weighted by Gasteiger charge is 2.23. The van der Waals surface area contributed by atoms with Crippen LogP contribution in [0.15, 0.2) is 54.9 Å². The molecular weight excluding hydrogens is 214 g/mol. The van der Waals surface area contributed by atoms with Gasteiger partial charge in [0.15, 0.2) is 0 Å². The molecule has 1 atom stereocenters. The number of pyridine rings is 1. The van der Waals surface area contributed by atoms with E-state index in [1.165, 1.54) is 0 Å². The molecule has 0 spiro atoms. The molecule has 0 fully saturated rings. The third kappa shape index (κ3) is 3.04. The van der Waals surface area contributed by atoms with Crippen LogP contribution in [-0.2, 0) is 5.60 Å². The Labute approximate surface area is 101 Å². The second-order valence-corrected chi connectivity index (χ2v) is 4.12. The zero-order valence-corrected chi connectivity index (χ0v) is 9.71. The van der Waals surface area contributed by atoms with Crippen LogP contribution in [0.25, 0.3) is 0 Å². The summed E-state index contributed by atoms with van der Waals surface area (Å²) < 4.78 is 5.51. The molecule has 3 nitrogen and oxygen atoms in total.